The lowest BCUT2D eigenvalue weighted by Crippen LogP contribution is -2.26. The molecule has 3 heteroatoms. The van der Waals surface area contributed by atoms with Crippen LogP contribution in [0.2, 0.25) is 0 Å². The third-order valence-corrected chi connectivity index (χ3v) is 2.96. The Bertz CT molecular complexity index is 629. The predicted molar refractivity (Wildman–Crippen MR) is 72.0 cm³/mol. The molecule has 0 aliphatic heterocycles. The van der Waals surface area contributed by atoms with E-state index in [2.05, 4.69) is 0 Å². The minimum absolute atomic E-state index is 0.00728. The molecular weight excluding hydrogens is 226 g/mol. The Morgan fingerprint density at radius 3 is 2.33 bits per heavy atom. The molecule has 18 heavy (non-hydrogen) atoms. The molecule has 0 fully saturated rings. The molecule has 0 spiro atoms. The van der Waals surface area contributed by atoms with Crippen LogP contribution in [0, 0.1) is 5.41 Å². The van der Waals surface area contributed by atoms with E-state index in [0.29, 0.717) is 5.56 Å². The van der Waals surface area contributed by atoms with Crippen LogP contribution >= 0.6 is 0 Å². The van der Waals surface area contributed by atoms with Crippen LogP contribution in [-0.2, 0) is 0 Å². The summed E-state index contributed by atoms with van der Waals surface area (Å²) in [5.74, 6) is 0.0334. The van der Waals surface area contributed by atoms with E-state index >= 15 is 0 Å². The van der Waals surface area contributed by atoms with E-state index in [9.17, 15) is 9.59 Å². The van der Waals surface area contributed by atoms with Crippen LogP contribution < -0.4 is 0 Å². The van der Waals surface area contributed by atoms with Crippen molar-refractivity contribution in [3.05, 3.63) is 36.0 Å². The highest BCUT2D eigenvalue weighted by Crippen LogP contribution is 2.23. The summed E-state index contributed by atoms with van der Waals surface area (Å²) >= 11 is 0. The van der Waals surface area contributed by atoms with Crippen LogP contribution in [0.3, 0.4) is 0 Å². The van der Waals surface area contributed by atoms with Gasteiger partial charge < -0.3 is 0 Å². The molecule has 0 amide bonds. The van der Waals surface area contributed by atoms with Crippen molar-refractivity contribution in [2.45, 2.75) is 27.7 Å². The maximum atomic E-state index is 12.3. The van der Waals surface area contributed by atoms with Gasteiger partial charge in [-0.25, -0.2) is 0 Å². The number of nitrogens with zero attached hydrogens (tertiary/aromatic N) is 1. The van der Waals surface area contributed by atoms with Gasteiger partial charge in [-0.3, -0.25) is 14.2 Å². The summed E-state index contributed by atoms with van der Waals surface area (Å²) in [4.78, 5) is 23.7. The van der Waals surface area contributed by atoms with E-state index in [-0.39, 0.29) is 11.7 Å². The van der Waals surface area contributed by atoms with Gasteiger partial charge in [0, 0.05) is 22.6 Å². The van der Waals surface area contributed by atoms with Gasteiger partial charge in [-0.2, -0.15) is 0 Å². The van der Waals surface area contributed by atoms with E-state index in [4.69, 9.17) is 0 Å². The summed E-state index contributed by atoms with van der Waals surface area (Å²) in [7, 11) is 0. The maximum absolute atomic E-state index is 12.3. The lowest BCUT2D eigenvalue weighted by molar-refractivity contribution is 0.0772. The van der Waals surface area contributed by atoms with Crippen LogP contribution in [0.25, 0.3) is 10.9 Å². The number of fused-ring (bicyclic) bond motifs is 1. The second-order valence-corrected chi connectivity index (χ2v) is 5.57. The van der Waals surface area contributed by atoms with Gasteiger partial charge in [-0.05, 0) is 19.1 Å². The first-order valence-corrected chi connectivity index (χ1v) is 5.97. The fourth-order valence-electron chi connectivity index (χ4n) is 1.89. The minimum atomic E-state index is -0.446. The Balaban J connectivity index is 2.62. The van der Waals surface area contributed by atoms with Gasteiger partial charge in [0.25, 0.3) is 0 Å². The molecule has 0 aliphatic carbocycles. The van der Waals surface area contributed by atoms with Gasteiger partial charge in [0.2, 0.25) is 5.91 Å². The molecule has 0 saturated carbocycles. The molecule has 0 radical (unpaired) electrons. The average Bonchev–Trinajstić information content (AvgIpc) is 2.68. The first-order valence-electron chi connectivity index (χ1n) is 5.97. The summed E-state index contributed by atoms with van der Waals surface area (Å²) < 4.78 is 1.63. The highest BCUT2D eigenvalue weighted by molar-refractivity contribution is 6.00. The van der Waals surface area contributed by atoms with Crippen LogP contribution in [-0.4, -0.2) is 16.3 Å². The number of rotatable bonds is 1. The molecule has 0 bridgehead atoms. The van der Waals surface area contributed by atoms with Gasteiger partial charge in [0.05, 0.1) is 5.52 Å². The van der Waals surface area contributed by atoms with Crippen LogP contribution in [0.15, 0.2) is 30.5 Å². The van der Waals surface area contributed by atoms with Crippen molar-refractivity contribution in [3.8, 4) is 0 Å². The van der Waals surface area contributed by atoms with Gasteiger partial charge in [-0.1, -0.05) is 32.9 Å². The summed E-state index contributed by atoms with van der Waals surface area (Å²) in [6.07, 6.45) is 1.77. The van der Waals surface area contributed by atoms with Crippen molar-refractivity contribution in [1.82, 2.24) is 4.57 Å². The lowest BCUT2D eigenvalue weighted by Gasteiger charge is -2.17. The molecule has 0 unspecified atom stereocenters. The summed E-state index contributed by atoms with van der Waals surface area (Å²) in [6.45, 7) is 7.18. The van der Waals surface area contributed by atoms with Crippen molar-refractivity contribution >= 4 is 22.6 Å². The number of hydrogen-bond acceptors (Lipinski definition) is 2. The van der Waals surface area contributed by atoms with E-state index in [1.54, 1.807) is 22.9 Å². The number of benzene rings is 1. The molecule has 0 saturated heterocycles. The van der Waals surface area contributed by atoms with Crippen molar-refractivity contribution in [2.75, 3.05) is 0 Å². The smallest absolute Gasteiger partial charge is 0.236 e. The number of carbonyl (C=O) groups excluding carboxylic acids is 2. The maximum Gasteiger partial charge on any atom is 0.236 e. The molecular formula is C15H17NO2. The molecule has 3 nitrogen and oxygen atoms in total. The number of Topliss-reactive ketones (excluding diaryl/α,β-unsaturated/α-hetero) is 1. The third-order valence-electron chi connectivity index (χ3n) is 2.96. The molecule has 2 rings (SSSR count). The number of hydrogen-bond donors (Lipinski definition) is 0. The fourth-order valence-corrected chi connectivity index (χ4v) is 1.89. The van der Waals surface area contributed by atoms with Gasteiger partial charge in [0.1, 0.15) is 0 Å². The zero-order valence-corrected chi connectivity index (χ0v) is 11.2. The molecule has 0 N–H and O–H groups in total. The molecule has 1 aromatic heterocycles. The molecule has 0 aliphatic rings. The minimum Gasteiger partial charge on any atom is -0.295 e. The zero-order valence-electron chi connectivity index (χ0n) is 11.2. The molecule has 1 heterocycles. The number of aromatic nitrogens is 1. The fraction of sp³-hybridized carbons (Fsp3) is 0.333. The van der Waals surface area contributed by atoms with Crippen molar-refractivity contribution in [1.29, 1.82) is 0 Å². The number of ketones is 1. The first kappa shape index (κ1) is 12.6. The van der Waals surface area contributed by atoms with E-state index in [0.717, 1.165) is 10.9 Å². The third kappa shape index (κ3) is 2.08. The van der Waals surface area contributed by atoms with Crippen LogP contribution in [0.4, 0.5) is 0 Å². The zero-order chi connectivity index (χ0) is 13.5. The largest absolute Gasteiger partial charge is 0.295 e. The average molecular weight is 243 g/mol. The Labute approximate surface area is 106 Å². The van der Waals surface area contributed by atoms with E-state index in [1.165, 1.54) is 6.92 Å². The topological polar surface area (TPSA) is 39.1 Å². The second kappa shape index (κ2) is 4.09. The standard InChI is InChI=1S/C15H17NO2/c1-10(17)12-6-5-11-7-8-16(13(11)9-12)14(18)15(2,3)4/h5-9H,1-4H3. The normalized spacial score (nSPS) is 11.8. The van der Waals surface area contributed by atoms with E-state index in [1.807, 2.05) is 32.9 Å². The van der Waals surface area contributed by atoms with Crippen LogP contribution in [0.5, 0.6) is 0 Å². The van der Waals surface area contributed by atoms with E-state index < -0.39 is 5.41 Å². The van der Waals surface area contributed by atoms with Gasteiger partial charge >= 0.3 is 0 Å². The summed E-state index contributed by atoms with van der Waals surface area (Å²) in [5.41, 5.74) is 0.977. The summed E-state index contributed by atoms with van der Waals surface area (Å²) in [6, 6.07) is 7.33. The highest BCUT2D eigenvalue weighted by atomic mass is 16.2. The highest BCUT2D eigenvalue weighted by Gasteiger charge is 2.24. The van der Waals surface area contributed by atoms with Crippen molar-refractivity contribution in [2.24, 2.45) is 5.41 Å². The molecule has 2 aromatic rings. The molecule has 1 aromatic carbocycles. The Morgan fingerprint density at radius 2 is 1.78 bits per heavy atom. The SMILES string of the molecule is CC(=O)c1ccc2ccn(C(=O)C(C)(C)C)c2c1. The monoisotopic (exact) mass is 243 g/mol. The van der Waals surface area contributed by atoms with Crippen molar-refractivity contribution in [3.63, 3.8) is 0 Å². The summed E-state index contributed by atoms with van der Waals surface area (Å²) in [5, 5.41) is 0.970. The Kier molecular flexibility index (Phi) is 2.85. The Hall–Kier alpha value is -1.90. The molecule has 94 valence electrons. The first-order chi connectivity index (χ1) is 8.30. The van der Waals surface area contributed by atoms with Crippen LogP contribution in [0.1, 0.15) is 42.8 Å². The quantitative estimate of drug-likeness (QED) is 0.719. The van der Waals surface area contributed by atoms with Gasteiger partial charge in [0.15, 0.2) is 5.78 Å². The Morgan fingerprint density at radius 1 is 1.11 bits per heavy atom. The van der Waals surface area contributed by atoms with Gasteiger partial charge in [-0.15, -0.1) is 0 Å². The predicted octanol–water partition coefficient (Wildman–Crippen LogP) is 3.53. The second-order valence-electron chi connectivity index (χ2n) is 5.57. The number of carbonyl (C=O) groups is 2. The lowest BCUT2D eigenvalue weighted by atomic mass is 9.95. The molecule has 0 atom stereocenters. The van der Waals surface area contributed by atoms with Crippen molar-refractivity contribution < 1.29 is 9.59 Å².